The highest BCUT2D eigenvalue weighted by Gasteiger charge is 2.09. The maximum Gasteiger partial charge on any atom is 0.147 e. The molecule has 2 nitrogen and oxygen atoms in total. The van der Waals surface area contributed by atoms with Crippen LogP contribution in [0.2, 0.25) is 5.15 Å². The molecular weight excluding hydrogens is 307 g/mol. The number of hydrogen-bond donors (Lipinski definition) is 0. The second kappa shape index (κ2) is 4.82. The number of halogens is 3. The van der Waals surface area contributed by atoms with Crippen molar-refractivity contribution in [1.29, 1.82) is 5.26 Å². The van der Waals surface area contributed by atoms with E-state index in [1.807, 2.05) is 6.07 Å². The molecule has 1 heterocycles. The van der Waals surface area contributed by atoms with Gasteiger partial charge in [0.15, 0.2) is 0 Å². The normalized spacial score (nSPS) is 10.0. The molecule has 0 saturated heterocycles. The first-order valence-corrected chi connectivity index (χ1v) is 5.81. The number of nitriles is 1. The molecule has 0 amide bonds. The van der Waals surface area contributed by atoms with Gasteiger partial charge in [-0.2, -0.15) is 5.26 Å². The zero-order valence-corrected chi connectivity index (χ0v) is 10.8. The Kier molecular flexibility index (Phi) is 3.41. The summed E-state index contributed by atoms with van der Waals surface area (Å²) in [5, 5.41) is 8.79. The highest BCUT2D eigenvalue weighted by Crippen LogP contribution is 2.26. The van der Waals surface area contributed by atoms with Crippen LogP contribution in [-0.2, 0) is 0 Å². The Morgan fingerprint density at radius 2 is 2.06 bits per heavy atom. The molecule has 0 aliphatic heterocycles. The molecule has 0 radical (unpaired) electrons. The molecule has 0 fully saturated rings. The molecule has 84 valence electrons. The van der Waals surface area contributed by atoms with E-state index in [4.69, 9.17) is 16.9 Å². The first kappa shape index (κ1) is 12.0. The third-order valence-corrected chi connectivity index (χ3v) is 2.96. The van der Waals surface area contributed by atoms with Gasteiger partial charge in [-0.15, -0.1) is 0 Å². The standard InChI is InChI=1S/C12H5BrClFN2/c13-8-2-3-9(10(15)5-8)11-4-1-7(6-16)12(14)17-11/h1-5H. The number of benzene rings is 1. The lowest BCUT2D eigenvalue weighted by Gasteiger charge is -2.04. The summed E-state index contributed by atoms with van der Waals surface area (Å²) >= 11 is 8.97. The highest BCUT2D eigenvalue weighted by molar-refractivity contribution is 9.10. The average molecular weight is 312 g/mol. The largest absolute Gasteiger partial charge is 0.235 e. The average Bonchev–Trinajstić information content (AvgIpc) is 2.29. The van der Waals surface area contributed by atoms with E-state index in [9.17, 15) is 4.39 Å². The number of aromatic nitrogens is 1. The van der Waals surface area contributed by atoms with Gasteiger partial charge in [0.1, 0.15) is 17.0 Å². The van der Waals surface area contributed by atoms with Crippen molar-refractivity contribution in [2.24, 2.45) is 0 Å². The Morgan fingerprint density at radius 1 is 1.29 bits per heavy atom. The van der Waals surface area contributed by atoms with Crippen LogP contribution >= 0.6 is 27.5 Å². The lowest BCUT2D eigenvalue weighted by atomic mass is 10.1. The van der Waals surface area contributed by atoms with E-state index < -0.39 is 5.82 Å². The minimum atomic E-state index is -0.396. The van der Waals surface area contributed by atoms with Gasteiger partial charge < -0.3 is 0 Å². The Balaban J connectivity index is 2.54. The summed E-state index contributed by atoms with van der Waals surface area (Å²) in [6.07, 6.45) is 0. The Morgan fingerprint density at radius 3 is 2.65 bits per heavy atom. The van der Waals surface area contributed by atoms with E-state index in [1.165, 1.54) is 12.1 Å². The molecule has 0 spiro atoms. The molecule has 0 aliphatic rings. The van der Waals surface area contributed by atoms with Gasteiger partial charge in [-0.05, 0) is 30.3 Å². The third kappa shape index (κ3) is 2.46. The molecule has 0 bridgehead atoms. The second-order valence-electron chi connectivity index (χ2n) is 3.27. The first-order chi connectivity index (χ1) is 8.11. The van der Waals surface area contributed by atoms with Gasteiger partial charge in [0.2, 0.25) is 0 Å². The second-order valence-corrected chi connectivity index (χ2v) is 4.54. The number of nitrogens with zero attached hydrogens (tertiary/aromatic N) is 2. The molecule has 17 heavy (non-hydrogen) atoms. The summed E-state index contributed by atoms with van der Waals surface area (Å²) in [6.45, 7) is 0. The third-order valence-electron chi connectivity index (χ3n) is 2.18. The maximum absolute atomic E-state index is 13.7. The zero-order chi connectivity index (χ0) is 12.4. The van der Waals surface area contributed by atoms with Gasteiger partial charge in [0, 0.05) is 10.0 Å². The lowest BCUT2D eigenvalue weighted by Crippen LogP contribution is -1.90. The summed E-state index contributed by atoms with van der Waals surface area (Å²) in [7, 11) is 0. The molecule has 0 unspecified atom stereocenters. The molecule has 2 aromatic rings. The summed E-state index contributed by atoms with van der Waals surface area (Å²) < 4.78 is 14.3. The van der Waals surface area contributed by atoms with Gasteiger partial charge >= 0.3 is 0 Å². The van der Waals surface area contributed by atoms with E-state index in [-0.39, 0.29) is 10.7 Å². The van der Waals surface area contributed by atoms with E-state index in [0.717, 1.165) is 0 Å². The molecule has 0 aliphatic carbocycles. The number of pyridine rings is 1. The molecule has 0 N–H and O–H groups in total. The van der Waals surface area contributed by atoms with Crippen LogP contribution in [0.15, 0.2) is 34.8 Å². The molecule has 5 heteroatoms. The van der Waals surface area contributed by atoms with Crippen LogP contribution < -0.4 is 0 Å². The predicted octanol–water partition coefficient (Wildman–Crippen LogP) is 4.18. The summed E-state index contributed by atoms with van der Waals surface area (Å²) in [5.41, 5.74) is 1.02. The molecule has 1 aromatic heterocycles. The topological polar surface area (TPSA) is 36.7 Å². The van der Waals surface area contributed by atoms with Gasteiger partial charge in [0.05, 0.1) is 11.3 Å². The van der Waals surface area contributed by atoms with Crippen molar-refractivity contribution < 1.29 is 4.39 Å². The Labute approximate surface area is 111 Å². The Bertz CT molecular complexity index is 622. The fraction of sp³-hybridized carbons (Fsp3) is 0. The van der Waals surface area contributed by atoms with Crippen molar-refractivity contribution in [2.75, 3.05) is 0 Å². The maximum atomic E-state index is 13.7. The minimum Gasteiger partial charge on any atom is -0.235 e. The van der Waals surface area contributed by atoms with Gasteiger partial charge in [-0.3, -0.25) is 0 Å². The van der Waals surface area contributed by atoms with E-state index in [0.29, 0.717) is 15.7 Å². The number of rotatable bonds is 1. The zero-order valence-electron chi connectivity index (χ0n) is 8.42. The fourth-order valence-electron chi connectivity index (χ4n) is 1.36. The van der Waals surface area contributed by atoms with Crippen LogP contribution in [0, 0.1) is 17.1 Å². The molecule has 0 atom stereocenters. The molecular formula is C12H5BrClFN2. The van der Waals surface area contributed by atoms with Crippen LogP contribution in [0.1, 0.15) is 5.56 Å². The summed E-state index contributed by atoms with van der Waals surface area (Å²) in [5.74, 6) is -0.396. The van der Waals surface area contributed by atoms with Crippen LogP contribution in [0.3, 0.4) is 0 Å². The SMILES string of the molecule is N#Cc1ccc(-c2ccc(Br)cc2F)nc1Cl. The van der Waals surface area contributed by atoms with E-state index in [2.05, 4.69) is 20.9 Å². The van der Waals surface area contributed by atoms with Crippen LogP contribution in [0.25, 0.3) is 11.3 Å². The monoisotopic (exact) mass is 310 g/mol. The Hall–Kier alpha value is -1.44. The molecule has 0 saturated carbocycles. The highest BCUT2D eigenvalue weighted by atomic mass is 79.9. The fourth-order valence-corrected chi connectivity index (χ4v) is 1.89. The molecule has 1 aromatic carbocycles. The van der Waals surface area contributed by atoms with E-state index in [1.54, 1.807) is 18.2 Å². The van der Waals surface area contributed by atoms with Crippen LogP contribution in [-0.4, -0.2) is 4.98 Å². The van der Waals surface area contributed by atoms with Gasteiger partial charge in [-0.1, -0.05) is 27.5 Å². The van der Waals surface area contributed by atoms with Crippen LogP contribution in [0.5, 0.6) is 0 Å². The van der Waals surface area contributed by atoms with Crippen molar-refractivity contribution in [3.05, 3.63) is 51.3 Å². The van der Waals surface area contributed by atoms with Gasteiger partial charge in [-0.25, -0.2) is 9.37 Å². The van der Waals surface area contributed by atoms with Crippen molar-refractivity contribution in [1.82, 2.24) is 4.98 Å². The first-order valence-electron chi connectivity index (χ1n) is 4.64. The van der Waals surface area contributed by atoms with Crippen molar-refractivity contribution in [3.63, 3.8) is 0 Å². The summed E-state index contributed by atoms with van der Waals surface area (Å²) in [6, 6.07) is 9.65. The minimum absolute atomic E-state index is 0.0762. The quantitative estimate of drug-likeness (QED) is 0.741. The van der Waals surface area contributed by atoms with E-state index >= 15 is 0 Å². The van der Waals surface area contributed by atoms with Crippen molar-refractivity contribution in [2.45, 2.75) is 0 Å². The summed E-state index contributed by atoms with van der Waals surface area (Å²) in [4.78, 5) is 3.99. The predicted molar refractivity (Wildman–Crippen MR) is 67.1 cm³/mol. The smallest absolute Gasteiger partial charge is 0.147 e. The van der Waals surface area contributed by atoms with Crippen LogP contribution in [0.4, 0.5) is 4.39 Å². The van der Waals surface area contributed by atoms with Gasteiger partial charge in [0.25, 0.3) is 0 Å². The molecule has 2 rings (SSSR count). The number of hydrogen-bond acceptors (Lipinski definition) is 2. The van der Waals surface area contributed by atoms with Crippen molar-refractivity contribution in [3.8, 4) is 17.3 Å². The van der Waals surface area contributed by atoms with Crippen molar-refractivity contribution >= 4 is 27.5 Å². The lowest BCUT2D eigenvalue weighted by molar-refractivity contribution is 0.630.